The van der Waals surface area contributed by atoms with Gasteiger partial charge in [0.15, 0.2) is 0 Å². The van der Waals surface area contributed by atoms with Crippen molar-refractivity contribution in [1.82, 2.24) is 0 Å². The quantitative estimate of drug-likeness (QED) is 0.574. The molecule has 2 aromatic carbocycles. The Morgan fingerprint density at radius 2 is 0.966 bits per heavy atom. The van der Waals surface area contributed by atoms with Gasteiger partial charge in [0.1, 0.15) is 24.4 Å². The first-order valence-electron chi connectivity index (χ1n) is 10.7. The third kappa shape index (κ3) is 4.91. The Labute approximate surface area is 175 Å². The van der Waals surface area contributed by atoms with Crippen molar-refractivity contribution in [2.45, 2.75) is 76.8 Å². The van der Waals surface area contributed by atoms with Crippen molar-refractivity contribution in [3.05, 3.63) is 70.8 Å². The highest BCUT2D eigenvalue weighted by molar-refractivity contribution is 5.32. The fourth-order valence-corrected chi connectivity index (χ4v) is 3.77. The third-order valence-corrected chi connectivity index (χ3v) is 5.94. The zero-order valence-electron chi connectivity index (χ0n) is 18.6. The lowest BCUT2D eigenvalue weighted by atomic mass is 9.86. The van der Waals surface area contributed by atoms with Crippen LogP contribution in [0.3, 0.4) is 0 Å². The number of rotatable bonds is 6. The van der Waals surface area contributed by atoms with E-state index in [4.69, 9.17) is 14.2 Å². The standard InChI is InChI=1S/C26H34O3/c1-25(2,3)19-11-7-17(8-12-19)23-21(28-23)15-27-16-22-24(29-22)18-9-13-20(14-10-18)26(4,5)6/h7-14,21-24H,15-16H2,1-6H3. The molecule has 0 bridgehead atoms. The van der Waals surface area contributed by atoms with Crippen LogP contribution in [0, 0.1) is 0 Å². The molecule has 4 rings (SSSR count). The van der Waals surface area contributed by atoms with Gasteiger partial charge in [0, 0.05) is 0 Å². The highest BCUT2D eigenvalue weighted by atomic mass is 16.6. The van der Waals surface area contributed by atoms with Crippen LogP contribution < -0.4 is 0 Å². The highest BCUT2D eigenvalue weighted by Gasteiger charge is 2.43. The van der Waals surface area contributed by atoms with E-state index in [0.717, 1.165) is 0 Å². The second-order valence-electron chi connectivity index (χ2n) is 10.5. The van der Waals surface area contributed by atoms with Gasteiger partial charge >= 0.3 is 0 Å². The summed E-state index contributed by atoms with van der Waals surface area (Å²) in [5.41, 5.74) is 5.54. The Morgan fingerprint density at radius 3 is 1.28 bits per heavy atom. The molecule has 2 aliphatic heterocycles. The molecule has 2 saturated heterocycles. The second kappa shape index (κ2) is 7.54. The summed E-state index contributed by atoms with van der Waals surface area (Å²) in [7, 11) is 0. The maximum atomic E-state index is 5.89. The molecule has 2 fully saturated rings. The summed E-state index contributed by atoms with van der Waals surface area (Å²) in [4.78, 5) is 0. The van der Waals surface area contributed by atoms with Crippen molar-refractivity contribution in [3.8, 4) is 0 Å². The Hall–Kier alpha value is -1.68. The lowest BCUT2D eigenvalue weighted by Gasteiger charge is -2.18. The minimum atomic E-state index is 0.166. The smallest absolute Gasteiger partial charge is 0.112 e. The first-order valence-corrected chi connectivity index (χ1v) is 10.7. The van der Waals surface area contributed by atoms with E-state index in [1.54, 1.807) is 0 Å². The minimum Gasteiger partial charge on any atom is -0.376 e. The molecule has 0 spiro atoms. The fraction of sp³-hybridized carbons (Fsp3) is 0.538. The molecule has 0 N–H and O–H groups in total. The fourth-order valence-electron chi connectivity index (χ4n) is 3.77. The summed E-state index contributed by atoms with van der Waals surface area (Å²) in [5.74, 6) is 0. The van der Waals surface area contributed by atoms with Crippen molar-refractivity contribution in [3.63, 3.8) is 0 Å². The van der Waals surface area contributed by atoms with Gasteiger partial charge in [-0.05, 0) is 33.1 Å². The van der Waals surface area contributed by atoms with Gasteiger partial charge in [-0.1, -0.05) is 90.1 Å². The molecule has 2 heterocycles. The Kier molecular flexibility index (Phi) is 5.35. The normalized spacial score (nSPS) is 26.4. The molecule has 2 aromatic rings. The molecular formula is C26H34O3. The van der Waals surface area contributed by atoms with Gasteiger partial charge in [0.2, 0.25) is 0 Å². The number of benzene rings is 2. The molecule has 4 atom stereocenters. The number of epoxide rings is 2. The van der Waals surface area contributed by atoms with Crippen LogP contribution in [0.4, 0.5) is 0 Å². The number of hydrogen-bond donors (Lipinski definition) is 0. The monoisotopic (exact) mass is 394 g/mol. The zero-order chi connectivity index (χ0) is 20.8. The molecule has 0 aromatic heterocycles. The summed E-state index contributed by atoms with van der Waals surface area (Å²) in [6.45, 7) is 14.7. The van der Waals surface area contributed by atoms with Crippen LogP contribution in [0.25, 0.3) is 0 Å². The molecule has 4 unspecified atom stereocenters. The molecule has 0 amide bonds. The average molecular weight is 395 g/mol. The SMILES string of the molecule is CC(C)(C)c1ccc(C2OC2COCC2OC2c2ccc(C(C)(C)C)cc2)cc1. The summed E-state index contributed by atoms with van der Waals surface area (Å²) >= 11 is 0. The summed E-state index contributed by atoms with van der Waals surface area (Å²) in [5, 5.41) is 0. The number of hydrogen-bond acceptors (Lipinski definition) is 3. The van der Waals surface area contributed by atoms with Crippen LogP contribution in [-0.2, 0) is 25.0 Å². The predicted octanol–water partition coefficient (Wildman–Crippen LogP) is 5.88. The van der Waals surface area contributed by atoms with Gasteiger partial charge in [0.05, 0.1) is 13.2 Å². The summed E-state index contributed by atoms with van der Waals surface area (Å²) in [6, 6.07) is 17.6. The molecule has 0 aliphatic carbocycles. The van der Waals surface area contributed by atoms with Crippen molar-refractivity contribution >= 4 is 0 Å². The average Bonchev–Trinajstić information content (AvgIpc) is 3.57. The van der Waals surface area contributed by atoms with Crippen LogP contribution in [-0.4, -0.2) is 25.4 Å². The maximum absolute atomic E-state index is 5.89. The number of ether oxygens (including phenoxy) is 3. The van der Waals surface area contributed by atoms with Crippen molar-refractivity contribution in [2.24, 2.45) is 0 Å². The topological polar surface area (TPSA) is 34.3 Å². The second-order valence-corrected chi connectivity index (χ2v) is 10.5. The van der Waals surface area contributed by atoms with Gasteiger partial charge in [-0.25, -0.2) is 0 Å². The van der Waals surface area contributed by atoms with Crippen LogP contribution in [0.15, 0.2) is 48.5 Å². The zero-order valence-corrected chi connectivity index (χ0v) is 18.6. The molecule has 0 saturated carbocycles. The van der Waals surface area contributed by atoms with E-state index in [2.05, 4.69) is 90.1 Å². The van der Waals surface area contributed by atoms with Crippen LogP contribution >= 0.6 is 0 Å². The molecule has 3 heteroatoms. The molecule has 156 valence electrons. The summed E-state index contributed by atoms with van der Waals surface area (Å²) in [6.07, 6.45) is 0.673. The predicted molar refractivity (Wildman–Crippen MR) is 116 cm³/mol. The first-order chi connectivity index (χ1) is 13.6. The Morgan fingerprint density at radius 1 is 0.621 bits per heavy atom. The van der Waals surface area contributed by atoms with Gasteiger partial charge in [0.25, 0.3) is 0 Å². The molecule has 3 nitrogen and oxygen atoms in total. The highest BCUT2D eigenvalue weighted by Crippen LogP contribution is 2.42. The van der Waals surface area contributed by atoms with Gasteiger partial charge in [-0.15, -0.1) is 0 Å². The largest absolute Gasteiger partial charge is 0.376 e. The van der Waals surface area contributed by atoms with Crippen molar-refractivity contribution < 1.29 is 14.2 Å². The van der Waals surface area contributed by atoms with Gasteiger partial charge < -0.3 is 14.2 Å². The summed E-state index contributed by atoms with van der Waals surface area (Å²) < 4.78 is 17.5. The van der Waals surface area contributed by atoms with Gasteiger partial charge in [-0.3, -0.25) is 0 Å². The van der Waals surface area contributed by atoms with E-state index >= 15 is 0 Å². The third-order valence-electron chi connectivity index (χ3n) is 5.94. The van der Waals surface area contributed by atoms with Crippen molar-refractivity contribution in [1.29, 1.82) is 0 Å². The Balaban J connectivity index is 1.20. The van der Waals surface area contributed by atoms with Crippen LogP contribution in [0.1, 0.15) is 76.0 Å². The lowest BCUT2D eigenvalue weighted by molar-refractivity contribution is 0.102. The van der Waals surface area contributed by atoms with Crippen molar-refractivity contribution in [2.75, 3.05) is 13.2 Å². The van der Waals surface area contributed by atoms with E-state index in [1.165, 1.54) is 22.3 Å². The van der Waals surface area contributed by atoms with Crippen LogP contribution in [0.2, 0.25) is 0 Å². The molecule has 2 aliphatic rings. The maximum Gasteiger partial charge on any atom is 0.112 e. The van der Waals surface area contributed by atoms with E-state index < -0.39 is 0 Å². The van der Waals surface area contributed by atoms with E-state index in [0.29, 0.717) is 13.2 Å². The van der Waals surface area contributed by atoms with Crippen LogP contribution in [0.5, 0.6) is 0 Å². The van der Waals surface area contributed by atoms with E-state index in [-0.39, 0.29) is 35.2 Å². The lowest BCUT2D eigenvalue weighted by Crippen LogP contribution is -2.11. The molecule has 29 heavy (non-hydrogen) atoms. The minimum absolute atomic E-state index is 0.166. The molecular weight excluding hydrogens is 360 g/mol. The van der Waals surface area contributed by atoms with E-state index in [9.17, 15) is 0 Å². The first kappa shape index (κ1) is 20.6. The van der Waals surface area contributed by atoms with Gasteiger partial charge in [-0.2, -0.15) is 0 Å². The Bertz CT molecular complexity index is 753. The van der Waals surface area contributed by atoms with E-state index in [1.807, 2.05) is 0 Å². The molecule has 0 radical (unpaired) electrons.